The molecule has 0 aromatic carbocycles. The normalized spacial score (nSPS) is 47.1. The fraction of sp³-hybridized carbons (Fsp3) is 0.667. The van der Waals surface area contributed by atoms with Gasteiger partial charge in [0.2, 0.25) is 0 Å². The van der Waals surface area contributed by atoms with E-state index in [0.717, 1.165) is 0 Å². The molecule has 0 aliphatic carbocycles. The lowest BCUT2D eigenvalue weighted by molar-refractivity contribution is 1.37. The van der Waals surface area contributed by atoms with Gasteiger partial charge in [-0.05, 0) is 60.9 Å². The molecular formula is C9H21Cl3N6S3. The molecule has 0 radical (unpaired) electrons. The lowest BCUT2D eigenvalue weighted by Gasteiger charge is -2.56. The molecule has 0 spiro atoms. The molecule has 3 N–H and O–H groups in total. The number of halogens is 3. The summed E-state index contributed by atoms with van der Waals surface area (Å²) < 4.78 is 9.88. The van der Waals surface area contributed by atoms with Gasteiger partial charge in [-0.2, -0.15) is 12.4 Å². The van der Waals surface area contributed by atoms with Gasteiger partial charge in [-0.1, -0.05) is 0 Å². The summed E-state index contributed by atoms with van der Waals surface area (Å²) in [6.45, 7) is 0. The van der Waals surface area contributed by atoms with Gasteiger partial charge in [0.15, 0.2) is 0 Å². The zero-order chi connectivity index (χ0) is 16.0. The standard InChI is InChI=1S/C9H21Cl3N6S3/c1-13-4-7-19(10)16-20(11,8-5-14-2)18-21(12,17-19)9-6-15-3/h4-6,16-18H,7-9H2,1-3H3. The van der Waals surface area contributed by atoms with E-state index < -0.39 is 28.8 Å². The molecule has 0 saturated carbocycles. The van der Waals surface area contributed by atoms with Crippen molar-refractivity contribution < 1.29 is 0 Å². The van der Waals surface area contributed by atoms with Crippen molar-refractivity contribution in [2.24, 2.45) is 15.0 Å². The molecule has 21 heavy (non-hydrogen) atoms. The summed E-state index contributed by atoms with van der Waals surface area (Å²) in [5, 5.41) is 0. The monoisotopic (exact) mass is 414 g/mol. The van der Waals surface area contributed by atoms with Gasteiger partial charge in [0.25, 0.3) is 0 Å². The van der Waals surface area contributed by atoms with Crippen LogP contribution in [-0.2, 0) is 0 Å². The molecule has 1 aliphatic heterocycles. The molecule has 1 fully saturated rings. The van der Waals surface area contributed by atoms with Gasteiger partial charge in [-0.25, -0.2) is 0 Å². The summed E-state index contributed by atoms with van der Waals surface area (Å²) >= 11 is 0. The minimum absolute atomic E-state index is 0.530. The molecule has 0 unspecified atom stereocenters. The first-order valence-corrected chi connectivity index (χ1v) is 13.8. The van der Waals surface area contributed by atoms with Crippen molar-refractivity contribution in [3.05, 3.63) is 0 Å². The average molecular weight is 416 g/mol. The maximum Gasteiger partial charge on any atom is 0.0515 e. The highest BCUT2D eigenvalue weighted by Gasteiger charge is 2.44. The van der Waals surface area contributed by atoms with Crippen LogP contribution in [0, 0.1) is 0 Å². The molecule has 1 aliphatic rings. The second kappa shape index (κ2) is 8.60. The van der Waals surface area contributed by atoms with Crippen LogP contribution in [0.2, 0.25) is 0 Å². The van der Waals surface area contributed by atoms with Crippen LogP contribution in [-0.4, -0.2) is 57.0 Å². The number of nitrogens with one attached hydrogen (secondary N) is 3. The number of rotatable bonds is 6. The van der Waals surface area contributed by atoms with E-state index >= 15 is 0 Å². The van der Waals surface area contributed by atoms with Crippen LogP contribution in [0.25, 0.3) is 0 Å². The van der Waals surface area contributed by atoms with Crippen LogP contribution in [0.5, 0.6) is 0 Å². The van der Waals surface area contributed by atoms with Crippen LogP contribution < -0.4 is 12.4 Å². The summed E-state index contributed by atoms with van der Waals surface area (Å²) in [4.78, 5) is 12.0. The quantitative estimate of drug-likeness (QED) is 0.583. The van der Waals surface area contributed by atoms with Crippen molar-refractivity contribution in [2.75, 3.05) is 38.4 Å². The fourth-order valence-corrected chi connectivity index (χ4v) is 17.6. The number of hydrogen-bond acceptors (Lipinski definition) is 6. The van der Waals surface area contributed by atoms with Crippen molar-refractivity contribution >= 4 is 79.5 Å². The highest BCUT2D eigenvalue weighted by atomic mass is 35.7. The van der Waals surface area contributed by atoms with Gasteiger partial charge in [-0.15, -0.1) is 0 Å². The Labute approximate surface area is 144 Å². The van der Waals surface area contributed by atoms with Gasteiger partial charge in [0, 0.05) is 39.8 Å². The molecular weight excluding hydrogens is 395 g/mol. The molecule has 1 heterocycles. The van der Waals surface area contributed by atoms with Gasteiger partial charge in [-0.3, -0.25) is 15.0 Å². The largest absolute Gasteiger partial charge is 0.300 e. The van der Waals surface area contributed by atoms with Crippen molar-refractivity contribution in [3.8, 4) is 0 Å². The van der Waals surface area contributed by atoms with E-state index in [2.05, 4.69) is 27.4 Å². The van der Waals surface area contributed by atoms with Crippen molar-refractivity contribution in [1.29, 1.82) is 0 Å². The van der Waals surface area contributed by atoms with Crippen LogP contribution in [0.1, 0.15) is 0 Å². The molecule has 126 valence electrons. The van der Waals surface area contributed by atoms with E-state index in [1.165, 1.54) is 0 Å². The smallest absolute Gasteiger partial charge is 0.0515 e. The summed E-state index contributed by atoms with van der Waals surface area (Å²) in [6.07, 6.45) is 5.26. The molecule has 12 heteroatoms. The lowest BCUT2D eigenvalue weighted by atomic mass is 10.9. The molecule has 1 saturated heterocycles. The van der Waals surface area contributed by atoms with Gasteiger partial charge < -0.3 is 0 Å². The predicted molar refractivity (Wildman–Crippen MR) is 108 cm³/mol. The van der Waals surface area contributed by atoms with E-state index in [0.29, 0.717) is 17.3 Å². The topological polar surface area (TPSA) is 73.2 Å². The molecule has 0 bridgehead atoms. The van der Waals surface area contributed by atoms with E-state index in [4.69, 9.17) is 32.0 Å². The van der Waals surface area contributed by atoms with Gasteiger partial charge in [0.05, 0.1) is 17.3 Å². The number of aliphatic imine (C=N–C) groups is 3. The lowest BCUT2D eigenvalue weighted by Crippen LogP contribution is -2.48. The van der Waals surface area contributed by atoms with Crippen LogP contribution >= 0.6 is 60.9 Å². The molecule has 0 aromatic rings. The maximum absolute atomic E-state index is 6.69. The molecule has 0 amide bonds. The highest BCUT2D eigenvalue weighted by molar-refractivity contribution is 8.73. The number of hydrogen-bond donors (Lipinski definition) is 3. The molecule has 6 nitrogen and oxygen atoms in total. The minimum Gasteiger partial charge on any atom is -0.300 e. The summed E-state index contributed by atoms with van der Waals surface area (Å²) in [5.74, 6) is 1.59. The molecule has 0 aromatic heterocycles. The van der Waals surface area contributed by atoms with Crippen LogP contribution in [0.4, 0.5) is 0 Å². The maximum atomic E-state index is 6.69. The van der Waals surface area contributed by atoms with Gasteiger partial charge in [0.1, 0.15) is 0 Å². The highest BCUT2D eigenvalue weighted by Crippen LogP contribution is 2.72. The predicted octanol–water partition coefficient (Wildman–Crippen LogP) is 3.24. The Morgan fingerprint density at radius 2 is 0.905 bits per heavy atom. The zero-order valence-corrected chi connectivity index (χ0v) is 16.8. The molecule has 0 atom stereocenters. The second-order valence-corrected chi connectivity index (χ2v) is 15.7. The summed E-state index contributed by atoms with van der Waals surface area (Å²) in [5.41, 5.74) is 0. The van der Waals surface area contributed by atoms with E-state index in [1.54, 1.807) is 39.8 Å². The second-order valence-electron chi connectivity index (χ2n) is 4.03. The first-order chi connectivity index (χ1) is 9.80. The first kappa shape index (κ1) is 19.9. The third-order valence-corrected chi connectivity index (χ3v) is 15.0. The van der Waals surface area contributed by atoms with Crippen molar-refractivity contribution in [3.63, 3.8) is 0 Å². The Morgan fingerprint density at radius 3 is 1.10 bits per heavy atom. The van der Waals surface area contributed by atoms with Crippen molar-refractivity contribution in [2.45, 2.75) is 0 Å². The minimum atomic E-state index is -1.93. The molecule has 1 rings (SSSR count). The Balaban J connectivity index is 3.02. The summed E-state index contributed by atoms with van der Waals surface area (Å²) in [7, 11) is 19.4. The SMILES string of the molecule is CN=CCS1(Cl)NS(Cl)(CC=NC)NS(Cl)(CC=NC)N1. The zero-order valence-electron chi connectivity index (χ0n) is 12.1. The average Bonchev–Trinajstić information content (AvgIpc) is 2.39. The third kappa shape index (κ3) is 6.44. The fourth-order valence-electron chi connectivity index (χ4n) is 1.41. The van der Waals surface area contributed by atoms with Crippen molar-refractivity contribution in [1.82, 2.24) is 12.4 Å². The first-order valence-electron chi connectivity index (χ1n) is 5.89. The van der Waals surface area contributed by atoms with E-state index in [9.17, 15) is 0 Å². The number of nitrogens with zero attached hydrogens (tertiary/aromatic N) is 3. The van der Waals surface area contributed by atoms with Crippen LogP contribution in [0.15, 0.2) is 15.0 Å². The third-order valence-electron chi connectivity index (χ3n) is 2.25. The van der Waals surface area contributed by atoms with Crippen LogP contribution in [0.3, 0.4) is 0 Å². The van der Waals surface area contributed by atoms with E-state index in [-0.39, 0.29) is 0 Å². The Bertz CT molecular complexity index is 365. The Hall–Kier alpha value is 0.810. The Kier molecular flexibility index (Phi) is 8.13. The van der Waals surface area contributed by atoms with Gasteiger partial charge >= 0.3 is 0 Å². The summed E-state index contributed by atoms with van der Waals surface area (Å²) in [6, 6.07) is 0. The Morgan fingerprint density at radius 1 is 0.667 bits per heavy atom. The van der Waals surface area contributed by atoms with E-state index in [1.807, 2.05) is 0 Å².